The number of phosphoric acid groups is 1. The molecule has 3 atom stereocenters. The third kappa shape index (κ3) is 50.1. The Hall–Kier alpha value is -2.82. The van der Waals surface area contributed by atoms with Crippen LogP contribution in [0.1, 0.15) is 252 Å². The highest BCUT2D eigenvalue weighted by Gasteiger charge is 2.28. The molecule has 0 aliphatic heterocycles. The first-order valence-electron chi connectivity index (χ1n) is 28.2. The van der Waals surface area contributed by atoms with E-state index in [0.717, 1.165) is 77.0 Å². The molecular weight excluding hydrogens is 904 g/mol. The summed E-state index contributed by atoms with van der Waals surface area (Å²) in [6, 6.07) is 0. The molecule has 0 aromatic heterocycles. The summed E-state index contributed by atoms with van der Waals surface area (Å²) in [4.78, 5) is 48.4. The van der Waals surface area contributed by atoms with Crippen molar-refractivity contribution in [2.24, 2.45) is 0 Å². The summed E-state index contributed by atoms with van der Waals surface area (Å²) in [6.07, 6.45) is 56.2. The van der Waals surface area contributed by atoms with E-state index in [4.69, 9.17) is 23.3 Å². The Morgan fingerprint density at radius 2 is 0.743 bits per heavy atom. The molecule has 0 heterocycles. The molecule has 0 bridgehead atoms. The van der Waals surface area contributed by atoms with E-state index in [1.54, 1.807) is 0 Å². The summed E-state index contributed by atoms with van der Waals surface area (Å²) in [7, 11) is -4.75. The molecule has 3 unspecified atom stereocenters. The van der Waals surface area contributed by atoms with Crippen LogP contribution < -0.4 is 0 Å². The van der Waals surface area contributed by atoms with Gasteiger partial charge in [0.25, 0.3) is 0 Å². The number of allylic oxidation sites excluding steroid dienone is 10. The highest BCUT2D eigenvalue weighted by atomic mass is 31.2. The number of carbonyl (C=O) groups is 3. The molecule has 0 saturated carbocycles. The Labute approximate surface area is 427 Å². The Morgan fingerprint density at radius 3 is 1.19 bits per heavy atom. The number of aliphatic hydroxyl groups excluding tert-OH is 1. The topological polar surface area (TPSA) is 155 Å². The van der Waals surface area contributed by atoms with E-state index in [9.17, 15) is 28.9 Å². The van der Waals surface area contributed by atoms with Crippen molar-refractivity contribution in [3.63, 3.8) is 0 Å². The van der Waals surface area contributed by atoms with E-state index in [-0.39, 0.29) is 25.9 Å². The summed E-state index contributed by atoms with van der Waals surface area (Å²) < 4.78 is 39.4. The van der Waals surface area contributed by atoms with Gasteiger partial charge < -0.3 is 24.2 Å². The van der Waals surface area contributed by atoms with Crippen molar-refractivity contribution in [1.82, 2.24) is 0 Å². The van der Waals surface area contributed by atoms with E-state index in [1.165, 1.54) is 116 Å². The fourth-order valence-electron chi connectivity index (χ4n) is 7.64. The molecule has 406 valence electrons. The van der Waals surface area contributed by atoms with E-state index in [0.29, 0.717) is 19.3 Å². The lowest BCUT2D eigenvalue weighted by Gasteiger charge is -2.21. The van der Waals surface area contributed by atoms with Gasteiger partial charge in [0.15, 0.2) is 6.10 Å². The molecule has 11 nitrogen and oxygen atoms in total. The monoisotopic (exact) mass is 1010 g/mol. The third-order valence-corrected chi connectivity index (χ3v) is 12.9. The molecule has 2 N–H and O–H groups in total. The number of aliphatic hydroxyl groups is 1. The lowest BCUT2D eigenvalue weighted by Crippen LogP contribution is -2.30. The highest BCUT2D eigenvalue weighted by molar-refractivity contribution is 7.47. The second kappa shape index (κ2) is 52.5. The van der Waals surface area contributed by atoms with Crippen LogP contribution >= 0.6 is 7.82 Å². The van der Waals surface area contributed by atoms with Crippen LogP contribution in [0.15, 0.2) is 60.8 Å². The van der Waals surface area contributed by atoms with E-state index >= 15 is 0 Å². The average molecular weight is 1010 g/mol. The van der Waals surface area contributed by atoms with Gasteiger partial charge in [0.1, 0.15) is 12.7 Å². The van der Waals surface area contributed by atoms with Crippen molar-refractivity contribution in [3.05, 3.63) is 60.8 Å². The Bertz CT molecular complexity index is 1410. The molecule has 70 heavy (non-hydrogen) atoms. The van der Waals surface area contributed by atoms with Gasteiger partial charge in [-0.3, -0.25) is 23.4 Å². The molecule has 0 amide bonds. The second-order valence-electron chi connectivity index (χ2n) is 18.7. The first kappa shape index (κ1) is 67.2. The maximum atomic E-state index is 12.9. The number of carbonyl (C=O) groups excluding carboxylic acids is 3. The van der Waals surface area contributed by atoms with Crippen LogP contribution in [0, 0.1) is 0 Å². The van der Waals surface area contributed by atoms with Crippen LogP contribution in [0.25, 0.3) is 0 Å². The normalized spacial score (nSPS) is 13.8. The minimum Gasteiger partial charge on any atom is -0.462 e. The molecule has 0 spiro atoms. The van der Waals surface area contributed by atoms with Gasteiger partial charge in [-0.2, -0.15) is 0 Å². The maximum absolute atomic E-state index is 12.9. The van der Waals surface area contributed by atoms with Crippen LogP contribution in [0.4, 0.5) is 0 Å². The number of unbranched alkanes of at least 4 members (excludes halogenated alkanes) is 25. The average Bonchev–Trinajstić information content (AvgIpc) is 3.35. The standard InChI is InChI=1S/C58H103O11P/c1-4-7-10-13-16-19-21-23-25-26-27-28-30-32-34-37-40-43-46-49-58(62)69-55(51-65-56(60)47-44-41-38-35-18-15-12-9-6-3)53-67-70(63,64)66-52-54(50-59)68-57(61)48-45-42-39-36-33-31-29-24-22-20-17-14-11-8-5-2/h8,11,17,20,23-25,29,33,36,54-55,59H,4-7,9-10,12-16,18-19,21-22,26-28,30-32,34-35,37-53H2,1-3H3,(H,63,64)/b11-8-,20-17-,25-23-,29-24-,36-33-. The van der Waals surface area contributed by atoms with Crippen LogP contribution in [-0.4, -0.2) is 66.5 Å². The lowest BCUT2D eigenvalue weighted by atomic mass is 10.1. The summed E-state index contributed by atoms with van der Waals surface area (Å²) in [5.74, 6) is -1.50. The fourth-order valence-corrected chi connectivity index (χ4v) is 8.42. The predicted octanol–water partition coefficient (Wildman–Crippen LogP) is 16.4. The van der Waals surface area contributed by atoms with Gasteiger partial charge >= 0.3 is 25.7 Å². The molecular formula is C58H103O11P. The van der Waals surface area contributed by atoms with Crippen LogP contribution in [0.5, 0.6) is 0 Å². The molecule has 0 radical (unpaired) electrons. The number of hydrogen-bond donors (Lipinski definition) is 2. The van der Waals surface area contributed by atoms with Crippen molar-refractivity contribution < 1.29 is 52.2 Å². The minimum absolute atomic E-state index is 0.125. The van der Waals surface area contributed by atoms with Crippen molar-refractivity contribution in [2.75, 3.05) is 26.4 Å². The predicted molar refractivity (Wildman–Crippen MR) is 288 cm³/mol. The summed E-state index contributed by atoms with van der Waals surface area (Å²) in [5.41, 5.74) is 0. The highest BCUT2D eigenvalue weighted by Crippen LogP contribution is 2.43. The van der Waals surface area contributed by atoms with Crippen LogP contribution in [0.2, 0.25) is 0 Å². The number of phosphoric ester groups is 1. The summed E-state index contributed by atoms with van der Waals surface area (Å²) >= 11 is 0. The first-order chi connectivity index (χ1) is 34.2. The zero-order valence-electron chi connectivity index (χ0n) is 44.7. The minimum atomic E-state index is -4.75. The van der Waals surface area contributed by atoms with Gasteiger partial charge in [-0.15, -0.1) is 0 Å². The van der Waals surface area contributed by atoms with Gasteiger partial charge in [-0.1, -0.05) is 210 Å². The van der Waals surface area contributed by atoms with Crippen molar-refractivity contribution in [1.29, 1.82) is 0 Å². The zero-order chi connectivity index (χ0) is 51.3. The largest absolute Gasteiger partial charge is 0.472 e. The SMILES string of the molecule is CC/C=C\C/C=C\C/C=C\C/C=C\CCCCC(=O)OC(CO)COP(=O)(O)OCC(COC(=O)CCCCCCCCCCC)OC(=O)CCCCCCCCCCC/C=C\CCCCCCCC. The molecule has 0 aromatic carbocycles. The maximum Gasteiger partial charge on any atom is 0.472 e. The quantitative estimate of drug-likeness (QED) is 0.0197. The van der Waals surface area contributed by atoms with E-state index < -0.39 is 57.8 Å². The van der Waals surface area contributed by atoms with Crippen molar-refractivity contribution >= 4 is 25.7 Å². The first-order valence-corrected chi connectivity index (χ1v) is 29.7. The van der Waals surface area contributed by atoms with Crippen molar-refractivity contribution in [2.45, 2.75) is 264 Å². The van der Waals surface area contributed by atoms with Crippen molar-refractivity contribution in [3.8, 4) is 0 Å². The van der Waals surface area contributed by atoms with E-state index in [2.05, 4.69) is 81.5 Å². The Kier molecular flexibility index (Phi) is 50.4. The van der Waals surface area contributed by atoms with Gasteiger partial charge in [0, 0.05) is 19.3 Å². The molecule has 0 aliphatic rings. The van der Waals surface area contributed by atoms with E-state index in [1.807, 2.05) is 0 Å². The number of hydrogen-bond acceptors (Lipinski definition) is 10. The molecule has 0 fully saturated rings. The molecule has 0 saturated heterocycles. The number of ether oxygens (including phenoxy) is 3. The molecule has 0 aliphatic carbocycles. The lowest BCUT2D eigenvalue weighted by molar-refractivity contribution is -0.161. The van der Waals surface area contributed by atoms with Crippen LogP contribution in [-0.2, 0) is 42.2 Å². The van der Waals surface area contributed by atoms with Gasteiger partial charge in [-0.05, 0) is 83.5 Å². The van der Waals surface area contributed by atoms with Gasteiger partial charge in [0.05, 0.1) is 19.8 Å². The smallest absolute Gasteiger partial charge is 0.462 e. The molecule has 0 aromatic rings. The number of rotatable bonds is 52. The van der Waals surface area contributed by atoms with Crippen LogP contribution in [0.3, 0.4) is 0 Å². The Morgan fingerprint density at radius 1 is 0.414 bits per heavy atom. The summed E-state index contributed by atoms with van der Waals surface area (Å²) in [6.45, 7) is 4.47. The Balaban J connectivity index is 4.67. The third-order valence-electron chi connectivity index (χ3n) is 11.9. The summed E-state index contributed by atoms with van der Waals surface area (Å²) in [5, 5.41) is 9.78. The van der Waals surface area contributed by atoms with Gasteiger partial charge in [-0.25, -0.2) is 4.57 Å². The fraction of sp³-hybridized carbons (Fsp3) is 0.776. The number of esters is 3. The molecule has 12 heteroatoms. The molecule has 0 rings (SSSR count). The zero-order valence-corrected chi connectivity index (χ0v) is 45.6. The van der Waals surface area contributed by atoms with Gasteiger partial charge in [0.2, 0.25) is 0 Å². The second-order valence-corrected chi connectivity index (χ2v) is 20.2.